The third-order valence-corrected chi connectivity index (χ3v) is 6.49. The lowest BCUT2D eigenvalue weighted by atomic mass is 10.0. The van der Waals surface area contributed by atoms with E-state index in [-0.39, 0.29) is 31.1 Å². The lowest BCUT2D eigenvalue weighted by Crippen LogP contribution is -2.41. The molecule has 1 atom stereocenters. The first-order valence-electron chi connectivity index (χ1n) is 15.0. The number of quaternary nitrogens is 1. The van der Waals surface area contributed by atoms with Gasteiger partial charge in [0.2, 0.25) is 5.91 Å². The molecule has 0 aromatic rings. The smallest absolute Gasteiger partial charge is 0.306 e. The Hall–Kier alpha value is -1.63. The predicted molar refractivity (Wildman–Crippen MR) is 151 cm³/mol. The van der Waals surface area contributed by atoms with Gasteiger partial charge >= 0.3 is 11.9 Å². The van der Waals surface area contributed by atoms with Gasteiger partial charge in [0, 0.05) is 19.8 Å². The van der Waals surface area contributed by atoms with Crippen molar-refractivity contribution >= 4 is 17.8 Å². The Kier molecular flexibility index (Phi) is 22.4. The number of nitrogens with zero attached hydrogens (tertiary/aromatic N) is 1. The minimum Gasteiger partial charge on any atom is -0.463 e. The molecule has 0 rings (SSSR count). The molecule has 0 heterocycles. The summed E-state index contributed by atoms with van der Waals surface area (Å²) in [5.41, 5.74) is 0. The van der Waals surface area contributed by atoms with E-state index < -0.39 is 6.04 Å². The number of unbranched alkanes of at least 4 members (excludes halogenated alkanes) is 14. The molecule has 0 fully saturated rings. The van der Waals surface area contributed by atoms with Crippen molar-refractivity contribution < 1.29 is 28.3 Å². The molecule has 37 heavy (non-hydrogen) atoms. The summed E-state index contributed by atoms with van der Waals surface area (Å²) in [4.78, 5) is 35.5. The second kappa shape index (κ2) is 23.5. The van der Waals surface area contributed by atoms with E-state index in [4.69, 9.17) is 9.47 Å². The summed E-state index contributed by atoms with van der Waals surface area (Å²) in [5, 5.41) is 2.70. The zero-order chi connectivity index (χ0) is 27.8. The van der Waals surface area contributed by atoms with Gasteiger partial charge in [0.25, 0.3) is 0 Å². The molecule has 0 aromatic heterocycles. The molecule has 0 aliphatic carbocycles. The monoisotopic (exact) mass is 527 g/mol. The van der Waals surface area contributed by atoms with Crippen molar-refractivity contribution in [3.8, 4) is 0 Å². The Bertz CT molecular complexity index is 589. The number of carbonyl (C=O) groups is 3. The first-order valence-corrected chi connectivity index (χ1v) is 15.0. The summed E-state index contributed by atoms with van der Waals surface area (Å²) in [7, 11) is 6.23. The Morgan fingerprint density at radius 2 is 1.00 bits per heavy atom. The maximum absolute atomic E-state index is 12.1. The second-order valence-corrected chi connectivity index (χ2v) is 11.6. The number of nitrogens with one attached hydrogen (secondary N) is 1. The molecule has 0 bridgehead atoms. The van der Waals surface area contributed by atoms with E-state index >= 15 is 0 Å². The number of hydrogen-bond acceptors (Lipinski definition) is 5. The molecular weight excluding hydrogens is 468 g/mol. The summed E-state index contributed by atoms with van der Waals surface area (Å²) in [6.45, 7) is 4.56. The number of hydrogen-bond donors (Lipinski definition) is 1. The van der Waals surface area contributed by atoms with Crippen LogP contribution in [0.5, 0.6) is 0 Å². The third-order valence-electron chi connectivity index (χ3n) is 6.49. The summed E-state index contributed by atoms with van der Waals surface area (Å²) in [5.74, 6) is -0.809. The summed E-state index contributed by atoms with van der Waals surface area (Å²) in [6, 6.07) is -0.523. The van der Waals surface area contributed by atoms with Crippen molar-refractivity contribution in [2.75, 3.05) is 40.9 Å². The Labute approximate surface area is 228 Å². The molecule has 0 aromatic carbocycles. The highest BCUT2D eigenvalue weighted by molar-refractivity contribution is 5.73. The van der Waals surface area contributed by atoms with Gasteiger partial charge in [0.05, 0.1) is 40.2 Å². The van der Waals surface area contributed by atoms with Gasteiger partial charge in [-0.2, -0.15) is 0 Å². The van der Waals surface area contributed by atoms with Crippen molar-refractivity contribution in [1.29, 1.82) is 0 Å². The SMILES string of the molecule is CCCCCCCCCCCCCCCCCC(=O)OC[C@@H](COC(=O)CCC[N+](C)(C)C)NC(C)=O. The van der Waals surface area contributed by atoms with Crippen LogP contribution in [0.25, 0.3) is 0 Å². The average molecular weight is 528 g/mol. The topological polar surface area (TPSA) is 81.7 Å². The standard InChI is InChI=1S/C30H58N2O5/c1-6-7-8-9-10-11-12-13-14-15-16-17-18-19-20-22-29(34)36-25-28(31-27(2)33)26-37-30(35)23-21-24-32(3,4)5/h28H,6-26H2,1-5H3/p+1/t28-/m0/s1. The summed E-state index contributed by atoms with van der Waals surface area (Å²) < 4.78 is 11.4. The fourth-order valence-electron chi connectivity index (χ4n) is 4.29. The number of amides is 1. The van der Waals surface area contributed by atoms with Gasteiger partial charge in [-0.1, -0.05) is 96.8 Å². The molecule has 7 nitrogen and oxygen atoms in total. The van der Waals surface area contributed by atoms with Crippen LogP contribution in [0.1, 0.15) is 129 Å². The van der Waals surface area contributed by atoms with E-state index in [0.717, 1.165) is 36.7 Å². The first kappa shape index (κ1) is 35.4. The maximum atomic E-state index is 12.1. The predicted octanol–water partition coefficient (Wildman–Crippen LogP) is 6.33. The third kappa shape index (κ3) is 27.2. The zero-order valence-corrected chi connectivity index (χ0v) is 24.9. The molecule has 0 saturated heterocycles. The average Bonchev–Trinajstić information content (AvgIpc) is 2.82. The van der Waals surface area contributed by atoms with Crippen LogP contribution in [-0.2, 0) is 23.9 Å². The lowest BCUT2D eigenvalue weighted by molar-refractivity contribution is -0.870. The van der Waals surface area contributed by atoms with E-state index in [1.807, 2.05) is 0 Å². The Morgan fingerprint density at radius 1 is 0.622 bits per heavy atom. The fourth-order valence-corrected chi connectivity index (χ4v) is 4.29. The van der Waals surface area contributed by atoms with Gasteiger partial charge in [-0.05, 0) is 6.42 Å². The van der Waals surface area contributed by atoms with E-state index in [2.05, 4.69) is 33.4 Å². The van der Waals surface area contributed by atoms with Crippen molar-refractivity contribution in [2.45, 2.75) is 135 Å². The largest absolute Gasteiger partial charge is 0.463 e. The van der Waals surface area contributed by atoms with Crippen LogP contribution < -0.4 is 5.32 Å². The summed E-state index contributed by atoms with van der Waals surface area (Å²) in [6.07, 6.45) is 20.7. The van der Waals surface area contributed by atoms with Gasteiger partial charge in [-0.15, -0.1) is 0 Å². The van der Waals surface area contributed by atoms with E-state index in [1.54, 1.807) is 0 Å². The van der Waals surface area contributed by atoms with Crippen LogP contribution in [0.4, 0.5) is 0 Å². The van der Waals surface area contributed by atoms with Gasteiger partial charge in [0.1, 0.15) is 13.2 Å². The van der Waals surface area contributed by atoms with Crippen LogP contribution in [0.3, 0.4) is 0 Å². The molecule has 0 radical (unpaired) electrons. The number of esters is 2. The lowest BCUT2D eigenvalue weighted by Gasteiger charge is -2.23. The molecule has 218 valence electrons. The highest BCUT2D eigenvalue weighted by atomic mass is 16.5. The molecule has 0 spiro atoms. The van der Waals surface area contributed by atoms with Gasteiger partial charge in [0.15, 0.2) is 0 Å². The van der Waals surface area contributed by atoms with Gasteiger partial charge in [-0.3, -0.25) is 14.4 Å². The van der Waals surface area contributed by atoms with Crippen LogP contribution in [0, 0.1) is 0 Å². The zero-order valence-electron chi connectivity index (χ0n) is 24.9. The second-order valence-electron chi connectivity index (χ2n) is 11.6. The quantitative estimate of drug-likeness (QED) is 0.0853. The fraction of sp³-hybridized carbons (Fsp3) is 0.900. The summed E-state index contributed by atoms with van der Waals surface area (Å²) >= 11 is 0. The van der Waals surface area contributed by atoms with Crippen molar-refractivity contribution in [1.82, 2.24) is 5.32 Å². The van der Waals surface area contributed by atoms with Crippen LogP contribution in [-0.4, -0.2) is 69.3 Å². The van der Waals surface area contributed by atoms with E-state index in [1.165, 1.54) is 84.0 Å². The first-order chi connectivity index (χ1) is 17.6. The normalized spacial score (nSPS) is 12.2. The molecule has 1 N–H and O–H groups in total. The Balaban J connectivity index is 3.76. The van der Waals surface area contributed by atoms with Crippen molar-refractivity contribution in [3.63, 3.8) is 0 Å². The van der Waals surface area contributed by atoms with Crippen molar-refractivity contribution in [3.05, 3.63) is 0 Å². The van der Waals surface area contributed by atoms with Gasteiger partial charge in [-0.25, -0.2) is 0 Å². The molecule has 0 aliphatic rings. The maximum Gasteiger partial charge on any atom is 0.306 e. The Morgan fingerprint density at radius 3 is 1.38 bits per heavy atom. The minimum absolute atomic E-state index is 0.00896. The van der Waals surface area contributed by atoms with Crippen LogP contribution in [0.15, 0.2) is 0 Å². The number of rotatable bonds is 25. The number of ether oxygens (including phenoxy) is 2. The van der Waals surface area contributed by atoms with Crippen LogP contribution >= 0.6 is 0 Å². The molecule has 0 aliphatic heterocycles. The highest BCUT2D eigenvalue weighted by Gasteiger charge is 2.16. The highest BCUT2D eigenvalue weighted by Crippen LogP contribution is 2.14. The molecule has 7 heteroatoms. The molecule has 1 amide bonds. The molecular formula is C30H59N2O5+. The molecule has 0 saturated carbocycles. The van der Waals surface area contributed by atoms with Crippen LogP contribution in [0.2, 0.25) is 0 Å². The van der Waals surface area contributed by atoms with E-state index in [9.17, 15) is 14.4 Å². The van der Waals surface area contributed by atoms with Crippen molar-refractivity contribution in [2.24, 2.45) is 0 Å². The minimum atomic E-state index is -0.523. The molecule has 0 unspecified atom stereocenters. The van der Waals surface area contributed by atoms with E-state index in [0.29, 0.717) is 12.8 Å². The number of carbonyl (C=O) groups excluding carboxylic acids is 3. The van der Waals surface area contributed by atoms with Gasteiger partial charge < -0.3 is 19.3 Å².